The van der Waals surface area contributed by atoms with E-state index in [1.807, 2.05) is 24.3 Å². The van der Waals surface area contributed by atoms with Gasteiger partial charge in [0, 0.05) is 9.65 Å². The van der Waals surface area contributed by atoms with Crippen molar-refractivity contribution in [2.24, 2.45) is 0 Å². The van der Waals surface area contributed by atoms with Crippen molar-refractivity contribution in [2.75, 3.05) is 0 Å². The lowest BCUT2D eigenvalue weighted by atomic mass is 10.2. The summed E-state index contributed by atoms with van der Waals surface area (Å²) in [7, 11) is 0. The van der Waals surface area contributed by atoms with Crippen LogP contribution < -0.4 is 4.74 Å². The number of carboxylic acids is 1. The predicted octanol–water partition coefficient (Wildman–Crippen LogP) is 4.62. The van der Waals surface area contributed by atoms with Crippen molar-refractivity contribution in [3.05, 3.63) is 68.3 Å². The van der Waals surface area contributed by atoms with E-state index in [0.717, 1.165) is 11.6 Å². The third-order valence-electron chi connectivity index (χ3n) is 2.68. The van der Waals surface area contributed by atoms with Crippen LogP contribution in [0.2, 0.25) is 5.02 Å². The van der Waals surface area contributed by atoms with Crippen LogP contribution >= 0.6 is 34.2 Å². The van der Waals surface area contributed by atoms with Crippen molar-refractivity contribution in [2.45, 2.75) is 6.61 Å². The lowest BCUT2D eigenvalue weighted by molar-refractivity contribution is -0.131. The Hall–Kier alpha value is -1.53. The minimum Gasteiger partial charge on any atom is -0.487 e. The summed E-state index contributed by atoms with van der Waals surface area (Å²) in [6.07, 6.45) is 2.55. The Bertz CT molecular complexity index is 666. The van der Waals surface area contributed by atoms with Gasteiger partial charge in [0.25, 0.3) is 0 Å². The molecule has 0 aliphatic carbocycles. The maximum atomic E-state index is 10.5. The van der Waals surface area contributed by atoms with Crippen LogP contribution in [0.1, 0.15) is 11.1 Å². The number of hydrogen-bond acceptors (Lipinski definition) is 2. The first kappa shape index (κ1) is 15.9. The second kappa shape index (κ2) is 7.47. The van der Waals surface area contributed by atoms with Gasteiger partial charge in [0.15, 0.2) is 0 Å². The minimum atomic E-state index is -0.995. The topological polar surface area (TPSA) is 46.5 Å². The van der Waals surface area contributed by atoms with E-state index >= 15 is 0 Å². The second-order valence-corrected chi connectivity index (χ2v) is 5.93. The number of benzene rings is 2. The summed E-state index contributed by atoms with van der Waals surface area (Å²) in [4.78, 5) is 10.5. The van der Waals surface area contributed by atoms with Gasteiger partial charge in [-0.15, -0.1) is 0 Å². The Morgan fingerprint density at radius 1 is 1.24 bits per heavy atom. The second-order valence-electron chi connectivity index (χ2n) is 4.28. The molecule has 0 unspecified atom stereocenters. The predicted molar refractivity (Wildman–Crippen MR) is 91.6 cm³/mol. The van der Waals surface area contributed by atoms with E-state index in [2.05, 4.69) is 22.6 Å². The van der Waals surface area contributed by atoms with Crippen LogP contribution in [0.3, 0.4) is 0 Å². The Morgan fingerprint density at radius 3 is 2.57 bits per heavy atom. The molecule has 1 N–H and O–H groups in total. The standard InChI is InChI=1S/C16H12ClIO3/c17-14-9-11(4-8-16(19)20)3-7-15(14)21-10-12-1-5-13(18)6-2-12/h1-9H,10H2,(H,19,20). The number of rotatable bonds is 5. The number of hydrogen-bond donors (Lipinski definition) is 1. The highest BCUT2D eigenvalue weighted by atomic mass is 127. The van der Waals surface area contributed by atoms with E-state index < -0.39 is 5.97 Å². The van der Waals surface area contributed by atoms with Crippen LogP contribution in [-0.2, 0) is 11.4 Å². The van der Waals surface area contributed by atoms with E-state index in [4.69, 9.17) is 21.4 Å². The van der Waals surface area contributed by atoms with Crippen molar-refractivity contribution in [3.63, 3.8) is 0 Å². The molecule has 0 atom stereocenters. The van der Waals surface area contributed by atoms with E-state index in [0.29, 0.717) is 22.9 Å². The Balaban J connectivity index is 2.04. The Kier molecular flexibility index (Phi) is 5.64. The monoisotopic (exact) mass is 414 g/mol. The summed E-state index contributed by atoms with van der Waals surface area (Å²) in [6, 6.07) is 13.2. The van der Waals surface area contributed by atoms with Crippen molar-refractivity contribution in [1.82, 2.24) is 0 Å². The van der Waals surface area contributed by atoms with Gasteiger partial charge in [-0.3, -0.25) is 0 Å². The molecule has 0 radical (unpaired) electrons. The summed E-state index contributed by atoms with van der Waals surface area (Å²) >= 11 is 8.38. The van der Waals surface area contributed by atoms with Crippen LogP contribution in [0.25, 0.3) is 6.08 Å². The summed E-state index contributed by atoms with van der Waals surface area (Å²) in [5.41, 5.74) is 1.77. The number of aliphatic carboxylic acids is 1. The quantitative estimate of drug-likeness (QED) is 0.573. The van der Waals surface area contributed by atoms with E-state index in [9.17, 15) is 4.79 Å². The molecule has 0 amide bonds. The van der Waals surface area contributed by atoms with E-state index in [1.165, 1.54) is 9.65 Å². The fraction of sp³-hybridized carbons (Fsp3) is 0.0625. The molecule has 0 aromatic heterocycles. The molecule has 2 rings (SSSR count). The van der Waals surface area contributed by atoms with Crippen LogP contribution in [0.5, 0.6) is 5.75 Å². The zero-order valence-corrected chi connectivity index (χ0v) is 13.8. The van der Waals surface area contributed by atoms with Crippen LogP contribution in [-0.4, -0.2) is 11.1 Å². The van der Waals surface area contributed by atoms with Gasteiger partial charge in [0.05, 0.1) is 5.02 Å². The SMILES string of the molecule is O=C(O)C=Cc1ccc(OCc2ccc(I)cc2)c(Cl)c1. The highest BCUT2D eigenvalue weighted by Crippen LogP contribution is 2.26. The van der Waals surface area contributed by atoms with Crippen molar-refractivity contribution in [1.29, 1.82) is 0 Å². The largest absolute Gasteiger partial charge is 0.487 e. The van der Waals surface area contributed by atoms with Crippen LogP contribution in [0.15, 0.2) is 48.5 Å². The molecule has 0 bridgehead atoms. The average Bonchev–Trinajstić information content (AvgIpc) is 2.46. The zero-order chi connectivity index (χ0) is 15.2. The molecule has 5 heteroatoms. The molecule has 0 heterocycles. The van der Waals surface area contributed by atoms with Gasteiger partial charge in [0.1, 0.15) is 12.4 Å². The molecule has 0 aliphatic rings. The van der Waals surface area contributed by atoms with Crippen molar-refractivity contribution >= 4 is 46.2 Å². The lowest BCUT2D eigenvalue weighted by Crippen LogP contribution is -1.96. The fourth-order valence-corrected chi connectivity index (χ4v) is 2.25. The molecule has 0 fully saturated rings. The maximum Gasteiger partial charge on any atom is 0.328 e. The molecule has 21 heavy (non-hydrogen) atoms. The molecule has 108 valence electrons. The number of carbonyl (C=O) groups is 1. The average molecular weight is 415 g/mol. The first-order valence-electron chi connectivity index (χ1n) is 6.12. The van der Waals surface area contributed by atoms with Crippen LogP contribution in [0, 0.1) is 3.57 Å². The summed E-state index contributed by atoms with van der Waals surface area (Å²) in [5, 5.41) is 9.04. The molecule has 0 spiro atoms. The highest BCUT2D eigenvalue weighted by Gasteiger charge is 2.03. The smallest absolute Gasteiger partial charge is 0.328 e. The maximum absolute atomic E-state index is 10.5. The van der Waals surface area contributed by atoms with Gasteiger partial charge in [-0.05, 0) is 64.1 Å². The van der Waals surface area contributed by atoms with Gasteiger partial charge in [-0.25, -0.2) is 4.79 Å². The first-order chi connectivity index (χ1) is 10.0. The molecular formula is C16H12ClIO3. The summed E-state index contributed by atoms with van der Waals surface area (Å²) in [6.45, 7) is 0.431. The number of halogens is 2. The summed E-state index contributed by atoms with van der Waals surface area (Å²) < 4.78 is 6.84. The molecule has 0 aliphatic heterocycles. The van der Waals surface area contributed by atoms with Gasteiger partial charge in [0.2, 0.25) is 0 Å². The van der Waals surface area contributed by atoms with Gasteiger partial charge < -0.3 is 9.84 Å². The fourth-order valence-electron chi connectivity index (χ4n) is 1.65. The van der Waals surface area contributed by atoms with E-state index in [1.54, 1.807) is 18.2 Å². The van der Waals surface area contributed by atoms with Crippen LogP contribution in [0.4, 0.5) is 0 Å². The highest BCUT2D eigenvalue weighted by molar-refractivity contribution is 14.1. The van der Waals surface area contributed by atoms with E-state index in [-0.39, 0.29) is 0 Å². The van der Waals surface area contributed by atoms with Crippen molar-refractivity contribution < 1.29 is 14.6 Å². The molecule has 2 aromatic carbocycles. The van der Waals surface area contributed by atoms with Crippen molar-refractivity contribution in [3.8, 4) is 5.75 Å². The van der Waals surface area contributed by atoms with Gasteiger partial charge in [-0.2, -0.15) is 0 Å². The third kappa shape index (κ3) is 5.06. The molecule has 2 aromatic rings. The van der Waals surface area contributed by atoms with Gasteiger partial charge in [-0.1, -0.05) is 29.8 Å². The molecular weight excluding hydrogens is 403 g/mol. The normalized spacial score (nSPS) is 10.8. The number of carboxylic acid groups (broad SMARTS) is 1. The molecule has 0 saturated heterocycles. The third-order valence-corrected chi connectivity index (χ3v) is 3.70. The Morgan fingerprint density at radius 2 is 1.95 bits per heavy atom. The zero-order valence-electron chi connectivity index (χ0n) is 10.9. The number of ether oxygens (including phenoxy) is 1. The van der Waals surface area contributed by atoms with Gasteiger partial charge >= 0.3 is 5.97 Å². The molecule has 3 nitrogen and oxygen atoms in total. The Labute approximate surface area is 141 Å². The first-order valence-corrected chi connectivity index (χ1v) is 7.58. The summed E-state index contributed by atoms with van der Waals surface area (Å²) in [5.74, 6) is -0.423. The minimum absolute atomic E-state index is 0.431. The molecule has 0 saturated carbocycles. The lowest BCUT2D eigenvalue weighted by Gasteiger charge is -2.09.